The van der Waals surface area contributed by atoms with Crippen LogP contribution in [0, 0.1) is 0 Å². The molecular weight excluding hydrogens is 610 g/mol. The monoisotopic (exact) mass is 649 g/mol. The van der Waals surface area contributed by atoms with Crippen LogP contribution < -0.4 is 31.9 Å². The Balaban J connectivity index is 1.02. The minimum atomic E-state index is -0.384. The molecule has 238 valence electrons. The summed E-state index contributed by atoms with van der Waals surface area (Å²) in [4.78, 5) is 40.6. The number of hydrogen-bond acceptors (Lipinski definition) is 11. The van der Waals surface area contributed by atoms with E-state index in [0.717, 1.165) is 80.7 Å². The second-order valence-corrected chi connectivity index (χ2v) is 13.8. The molecule has 11 nitrogen and oxygen atoms in total. The third-order valence-electron chi connectivity index (χ3n) is 8.78. The van der Waals surface area contributed by atoms with E-state index in [1.54, 1.807) is 6.20 Å². The molecule has 6 rings (SSSR count). The first-order valence-corrected chi connectivity index (χ1v) is 16.6. The van der Waals surface area contributed by atoms with Crippen LogP contribution in [0.3, 0.4) is 0 Å². The number of halogens is 1. The molecule has 0 bridgehead atoms. The SMILES string of the molecule is CC1(N)CCN(c2cnc(Sc3cccc(N4CCN(Cc5ccc(NC6CCC(=O)NC6=O)cc5)CC4)c3Cl)c(N)n2)CC1. The Morgan fingerprint density at radius 2 is 1.78 bits per heavy atom. The summed E-state index contributed by atoms with van der Waals surface area (Å²) in [5.41, 5.74) is 15.6. The number of amides is 2. The van der Waals surface area contributed by atoms with Crippen molar-refractivity contribution in [2.75, 3.05) is 60.1 Å². The Morgan fingerprint density at radius 1 is 1.04 bits per heavy atom. The zero-order chi connectivity index (χ0) is 31.6. The molecule has 1 atom stereocenters. The first kappa shape index (κ1) is 31.4. The van der Waals surface area contributed by atoms with E-state index in [-0.39, 0.29) is 23.4 Å². The van der Waals surface area contributed by atoms with E-state index >= 15 is 0 Å². The van der Waals surface area contributed by atoms with Crippen LogP contribution in [0.1, 0.15) is 38.2 Å². The number of nitrogen functional groups attached to an aromatic ring is 1. The fourth-order valence-corrected chi connectivity index (χ4v) is 7.10. The number of benzene rings is 2. The maximum atomic E-state index is 12.1. The lowest BCUT2D eigenvalue weighted by atomic mass is 9.91. The van der Waals surface area contributed by atoms with Gasteiger partial charge in [0.2, 0.25) is 11.8 Å². The van der Waals surface area contributed by atoms with Crippen molar-refractivity contribution >= 4 is 58.2 Å². The van der Waals surface area contributed by atoms with Gasteiger partial charge in [0.15, 0.2) is 5.82 Å². The summed E-state index contributed by atoms with van der Waals surface area (Å²) < 4.78 is 0. The summed E-state index contributed by atoms with van der Waals surface area (Å²) in [7, 11) is 0. The van der Waals surface area contributed by atoms with Gasteiger partial charge in [-0.3, -0.25) is 19.8 Å². The number of imide groups is 1. The van der Waals surface area contributed by atoms with Gasteiger partial charge in [-0.2, -0.15) is 0 Å². The summed E-state index contributed by atoms with van der Waals surface area (Å²) in [5, 5.41) is 6.96. The number of nitrogens with one attached hydrogen (secondary N) is 2. The molecule has 1 aromatic heterocycles. The maximum absolute atomic E-state index is 12.1. The molecule has 6 N–H and O–H groups in total. The summed E-state index contributed by atoms with van der Waals surface area (Å²) >= 11 is 8.40. The molecule has 0 radical (unpaired) electrons. The van der Waals surface area contributed by atoms with Crippen LogP contribution in [0.25, 0.3) is 0 Å². The standard InChI is InChI=1S/C32H40ClN9O2S/c1-32(35)11-13-42(14-12-32)26-19-36-31(29(34)38-26)45-25-4-2-3-24(28(25)33)41-17-15-40(16-18-41)20-21-5-7-22(8-6-21)37-23-9-10-27(43)39-30(23)44/h2-8,19,23,37H,9-18,20,35H2,1H3,(H2,34,38)(H,39,43,44). The normalized spacial score (nSPS) is 20.6. The van der Waals surface area contributed by atoms with E-state index < -0.39 is 0 Å². The number of nitrogens with two attached hydrogens (primary N) is 2. The van der Waals surface area contributed by atoms with Gasteiger partial charge in [0.25, 0.3) is 0 Å². The third kappa shape index (κ3) is 7.63. The molecule has 4 heterocycles. The quantitative estimate of drug-likeness (QED) is 0.265. The number of anilines is 4. The van der Waals surface area contributed by atoms with Gasteiger partial charge in [0.1, 0.15) is 16.9 Å². The van der Waals surface area contributed by atoms with Gasteiger partial charge in [0.05, 0.1) is 16.9 Å². The van der Waals surface area contributed by atoms with Gasteiger partial charge in [-0.05, 0) is 56.0 Å². The molecule has 13 heteroatoms. The van der Waals surface area contributed by atoms with Gasteiger partial charge < -0.3 is 26.6 Å². The Morgan fingerprint density at radius 3 is 2.47 bits per heavy atom. The molecule has 3 aliphatic rings. The zero-order valence-corrected chi connectivity index (χ0v) is 27.0. The number of carbonyl (C=O) groups is 2. The van der Waals surface area contributed by atoms with E-state index in [1.165, 1.54) is 17.3 Å². The van der Waals surface area contributed by atoms with E-state index in [0.29, 0.717) is 28.7 Å². The van der Waals surface area contributed by atoms with Gasteiger partial charge in [-0.15, -0.1) is 0 Å². The lowest BCUT2D eigenvalue weighted by Crippen LogP contribution is -2.48. The zero-order valence-electron chi connectivity index (χ0n) is 25.5. The second kappa shape index (κ2) is 13.4. The summed E-state index contributed by atoms with van der Waals surface area (Å²) in [5.74, 6) is 0.703. The van der Waals surface area contributed by atoms with Crippen molar-refractivity contribution in [3.05, 3.63) is 59.2 Å². The molecule has 3 aliphatic heterocycles. The number of piperidine rings is 2. The molecule has 1 unspecified atom stereocenters. The van der Waals surface area contributed by atoms with Crippen molar-refractivity contribution in [2.45, 2.75) is 60.7 Å². The highest BCUT2D eigenvalue weighted by molar-refractivity contribution is 7.99. The topological polar surface area (TPSA) is 146 Å². The predicted octanol–water partition coefficient (Wildman–Crippen LogP) is 3.72. The van der Waals surface area contributed by atoms with Crippen LogP contribution in [0.5, 0.6) is 0 Å². The second-order valence-electron chi connectivity index (χ2n) is 12.4. The van der Waals surface area contributed by atoms with Crippen LogP contribution >= 0.6 is 23.4 Å². The number of nitrogens with zero attached hydrogens (tertiary/aromatic N) is 5. The van der Waals surface area contributed by atoms with Crippen LogP contribution in [-0.2, 0) is 16.1 Å². The highest BCUT2D eigenvalue weighted by atomic mass is 35.5. The molecule has 0 spiro atoms. The number of aromatic nitrogens is 2. The fraction of sp³-hybridized carbons (Fsp3) is 0.438. The molecule has 3 aromatic rings. The van der Waals surface area contributed by atoms with Crippen molar-refractivity contribution in [3.63, 3.8) is 0 Å². The molecule has 0 aliphatic carbocycles. The predicted molar refractivity (Wildman–Crippen MR) is 180 cm³/mol. The number of rotatable bonds is 8. The highest BCUT2D eigenvalue weighted by Gasteiger charge is 2.28. The Kier molecular flexibility index (Phi) is 9.36. The third-order valence-corrected chi connectivity index (χ3v) is 10.4. The van der Waals surface area contributed by atoms with Crippen LogP contribution in [0.15, 0.2) is 58.6 Å². The van der Waals surface area contributed by atoms with Crippen LogP contribution in [-0.4, -0.2) is 77.5 Å². The van der Waals surface area contributed by atoms with E-state index in [9.17, 15) is 9.59 Å². The number of carbonyl (C=O) groups excluding carboxylic acids is 2. The molecule has 0 saturated carbocycles. The number of hydrogen-bond donors (Lipinski definition) is 4. The Hall–Kier alpha value is -3.58. The summed E-state index contributed by atoms with van der Waals surface area (Å²) in [6.07, 6.45) is 4.46. The largest absolute Gasteiger partial charge is 0.381 e. The number of piperazine rings is 1. The Labute approximate surface area is 273 Å². The lowest BCUT2D eigenvalue weighted by molar-refractivity contribution is -0.133. The first-order chi connectivity index (χ1) is 21.6. The van der Waals surface area contributed by atoms with Gasteiger partial charge >= 0.3 is 0 Å². The summed E-state index contributed by atoms with van der Waals surface area (Å²) in [6, 6.07) is 13.9. The molecular formula is C32H40ClN9O2S. The minimum absolute atomic E-state index is 0.133. The molecule has 2 aromatic carbocycles. The maximum Gasteiger partial charge on any atom is 0.249 e. The molecule has 3 fully saturated rings. The lowest BCUT2D eigenvalue weighted by Gasteiger charge is -2.37. The van der Waals surface area contributed by atoms with Gasteiger partial charge in [-0.1, -0.05) is 41.6 Å². The van der Waals surface area contributed by atoms with Crippen molar-refractivity contribution in [3.8, 4) is 0 Å². The summed E-state index contributed by atoms with van der Waals surface area (Å²) in [6.45, 7) is 8.14. The van der Waals surface area contributed by atoms with E-state index in [4.69, 9.17) is 23.1 Å². The van der Waals surface area contributed by atoms with Crippen molar-refractivity contribution in [1.82, 2.24) is 20.2 Å². The van der Waals surface area contributed by atoms with Crippen LogP contribution in [0.2, 0.25) is 5.02 Å². The average Bonchev–Trinajstić information content (AvgIpc) is 3.02. The average molecular weight is 650 g/mol. The fourth-order valence-electron chi connectivity index (χ4n) is 5.93. The minimum Gasteiger partial charge on any atom is -0.381 e. The smallest absolute Gasteiger partial charge is 0.249 e. The van der Waals surface area contributed by atoms with Crippen molar-refractivity contribution in [1.29, 1.82) is 0 Å². The van der Waals surface area contributed by atoms with Crippen molar-refractivity contribution < 1.29 is 9.59 Å². The van der Waals surface area contributed by atoms with E-state index in [1.807, 2.05) is 24.3 Å². The van der Waals surface area contributed by atoms with Crippen molar-refractivity contribution in [2.24, 2.45) is 5.73 Å². The molecule has 2 amide bonds. The Bertz CT molecular complexity index is 1540. The highest BCUT2D eigenvalue weighted by Crippen LogP contribution is 2.40. The van der Waals surface area contributed by atoms with Crippen LogP contribution in [0.4, 0.5) is 23.0 Å². The molecule has 45 heavy (non-hydrogen) atoms. The van der Waals surface area contributed by atoms with Gasteiger partial charge in [-0.25, -0.2) is 9.97 Å². The van der Waals surface area contributed by atoms with E-state index in [2.05, 4.69) is 60.4 Å². The first-order valence-electron chi connectivity index (χ1n) is 15.4. The van der Waals surface area contributed by atoms with Gasteiger partial charge in [0, 0.05) is 68.4 Å². The molecule has 3 saturated heterocycles.